The molecule has 0 atom stereocenters. The molecule has 0 unspecified atom stereocenters. The first-order valence-corrected chi connectivity index (χ1v) is 8.03. The van der Waals surface area contributed by atoms with Crippen molar-refractivity contribution in [1.82, 2.24) is 10.2 Å². The van der Waals surface area contributed by atoms with Gasteiger partial charge in [-0.25, -0.2) is 0 Å². The van der Waals surface area contributed by atoms with E-state index < -0.39 is 0 Å². The van der Waals surface area contributed by atoms with Crippen molar-refractivity contribution in [3.8, 4) is 0 Å². The number of hydrogen-bond acceptors (Lipinski definition) is 3. The summed E-state index contributed by atoms with van der Waals surface area (Å²) in [6, 6.07) is 5.24. The third kappa shape index (κ3) is 4.38. The lowest BCUT2D eigenvalue weighted by Gasteiger charge is -2.25. The maximum absolute atomic E-state index is 3.39. The molecule has 1 N–H and O–H groups in total. The fourth-order valence-electron chi connectivity index (χ4n) is 2.14. The van der Waals surface area contributed by atoms with Crippen LogP contribution >= 0.6 is 11.3 Å². The van der Waals surface area contributed by atoms with Gasteiger partial charge in [-0.15, -0.1) is 11.3 Å². The molecule has 1 aromatic heterocycles. The van der Waals surface area contributed by atoms with E-state index in [2.05, 4.69) is 43.1 Å². The highest BCUT2D eigenvalue weighted by Gasteiger charge is 2.25. The first kappa shape index (κ1) is 14.0. The number of nitrogens with one attached hydrogen (secondary N) is 1. The van der Waals surface area contributed by atoms with Crippen molar-refractivity contribution in [2.45, 2.75) is 52.7 Å². The monoisotopic (exact) mass is 266 g/mol. The Kier molecular flexibility index (Phi) is 5.22. The number of nitrogens with zero attached hydrogens (tertiary/aromatic N) is 1. The Morgan fingerprint density at radius 1 is 1.33 bits per heavy atom. The van der Waals surface area contributed by atoms with Gasteiger partial charge >= 0.3 is 0 Å². The molecule has 2 nitrogen and oxygen atoms in total. The molecule has 1 heterocycles. The van der Waals surface area contributed by atoms with Crippen molar-refractivity contribution in [1.29, 1.82) is 0 Å². The highest BCUT2D eigenvalue weighted by atomic mass is 32.1. The largest absolute Gasteiger partial charge is 0.312 e. The molecule has 0 aromatic carbocycles. The lowest BCUT2D eigenvalue weighted by Crippen LogP contribution is -2.31. The summed E-state index contributed by atoms with van der Waals surface area (Å²) in [5.74, 6) is 0.980. The molecule has 102 valence electrons. The van der Waals surface area contributed by atoms with Gasteiger partial charge in [-0.05, 0) is 51.3 Å². The first-order valence-electron chi connectivity index (χ1n) is 7.21. The molecule has 1 aromatic rings. The van der Waals surface area contributed by atoms with Crippen LogP contribution in [0.1, 0.15) is 43.4 Å². The molecule has 1 aliphatic carbocycles. The number of rotatable bonds is 8. The van der Waals surface area contributed by atoms with Crippen molar-refractivity contribution >= 4 is 11.3 Å². The maximum Gasteiger partial charge on any atom is 0.0330 e. The number of thiophene rings is 1. The van der Waals surface area contributed by atoms with E-state index in [4.69, 9.17) is 0 Å². The van der Waals surface area contributed by atoms with Crippen molar-refractivity contribution in [3.05, 3.63) is 21.9 Å². The van der Waals surface area contributed by atoms with E-state index in [0.717, 1.165) is 25.6 Å². The molecule has 2 rings (SSSR count). The smallest absolute Gasteiger partial charge is 0.0330 e. The van der Waals surface area contributed by atoms with Gasteiger partial charge in [0.05, 0.1) is 0 Å². The quantitative estimate of drug-likeness (QED) is 0.775. The highest BCUT2D eigenvalue weighted by Crippen LogP contribution is 2.31. The lowest BCUT2D eigenvalue weighted by molar-refractivity contribution is 0.205. The fraction of sp³-hybridized carbons (Fsp3) is 0.733. The van der Waals surface area contributed by atoms with E-state index in [1.54, 1.807) is 0 Å². The van der Waals surface area contributed by atoms with Crippen LogP contribution in [0.4, 0.5) is 0 Å². The minimum atomic E-state index is 0.657. The second kappa shape index (κ2) is 6.69. The summed E-state index contributed by atoms with van der Waals surface area (Å²) in [4.78, 5) is 5.60. The molecule has 0 saturated heterocycles. The van der Waals surface area contributed by atoms with Crippen LogP contribution in [0, 0.1) is 5.92 Å². The molecule has 0 aliphatic heterocycles. The van der Waals surface area contributed by atoms with Gasteiger partial charge in [-0.2, -0.15) is 0 Å². The highest BCUT2D eigenvalue weighted by molar-refractivity contribution is 7.11. The van der Waals surface area contributed by atoms with Crippen molar-refractivity contribution in [3.63, 3.8) is 0 Å². The zero-order valence-corrected chi connectivity index (χ0v) is 12.7. The zero-order chi connectivity index (χ0) is 13.0. The fourth-order valence-corrected chi connectivity index (χ4v) is 3.15. The van der Waals surface area contributed by atoms with E-state index in [1.165, 1.54) is 29.1 Å². The summed E-state index contributed by atoms with van der Waals surface area (Å²) in [7, 11) is 0. The molecule has 0 spiro atoms. The summed E-state index contributed by atoms with van der Waals surface area (Å²) in [5, 5.41) is 3.39. The van der Waals surface area contributed by atoms with Crippen LogP contribution < -0.4 is 5.32 Å². The van der Waals surface area contributed by atoms with Crippen LogP contribution in [0.2, 0.25) is 0 Å². The molecular formula is C15H26N2S. The number of hydrogen-bond donors (Lipinski definition) is 1. The average Bonchev–Trinajstić information content (AvgIpc) is 3.04. The van der Waals surface area contributed by atoms with E-state index >= 15 is 0 Å². The Morgan fingerprint density at radius 2 is 2.06 bits per heavy atom. The zero-order valence-electron chi connectivity index (χ0n) is 11.9. The molecule has 0 bridgehead atoms. The molecule has 1 fully saturated rings. The Hall–Kier alpha value is -0.380. The minimum absolute atomic E-state index is 0.657. The molecule has 0 radical (unpaired) electrons. The summed E-state index contributed by atoms with van der Waals surface area (Å²) < 4.78 is 0. The molecule has 1 aliphatic rings. The van der Waals surface area contributed by atoms with Crippen molar-refractivity contribution in [2.24, 2.45) is 5.92 Å². The third-order valence-electron chi connectivity index (χ3n) is 3.55. The Bertz CT molecular complexity index is 355. The van der Waals surface area contributed by atoms with E-state index in [-0.39, 0.29) is 0 Å². The second-order valence-electron chi connectivity index (χ2n) is 5.61. The topological polar surface area (TPSA) is 15.3 Å². The average molecular weight is 266 g/mol. The van der Waals surface area contributed by atoms with Crippen LogP contribution in [0.15, 0.2) is 12.1 Å². The van der Waals surface area contributed by atoms with Crippen molar-refractivity contribution < 1.29 is 0 Å². The van der Waals surface area contributed by atoms with Gasteiger partial charge in [0, 0.05) is 35.4 Å². The van der Waals surface area contributed by atoms with Crippen LogP contribution in [0.25, 0.3) is 0 Å². The molecule has 3 heteroatoms. The van der Waals surface area contributed by atoms with Crippen LogP contribution in [0.5, 0.6) is 0 Å². The Labute approximate surface area is 115 Å². The third-order valence-corrected chi connectivity index (χ3v) is 4.62. The van der Waals surface area contributed by atoms with E-state index in [1.807, 2.05) is 11.3 Å². The van der Waals surface area contributed by atoms with Crippen LogP contribution in [-0.2, 0) is 13.1 Å². The maximum atomic E-state index is 3.39. The van der Waals surface area contributed by atoms with Crippen LogP contribution in [0.3, 0.4) is 0 Å². The predicted octanol–water partition coefficient (Wildman–Crippen LogP) is 3.48. The molecular weight excluding hydrogens is 240 g/mol. The summed E-state index contributed by atoms with van der Waals surface area (Å²) >= 11 is 1.96. The molecule has 0 amide bonds. The van der Waals surface area contributed by atoms with Gasteiger partial charge in [0.15, 0.2) is 0 Å². The van der Waals surface area contributed by atoms with Gasteiger partial charge in [-0.3, -0.25) is 4.90 Å². The standard InChI is InChI=1S/C15H26N2S/c1-4-16-9-14-7-8-15(18-14)11-17(12(2)3)10-13-5-6-13/h7-8,12-13,16H,4-6,9-11H2,1-3H3. The Balaban J connectivity index is 1.86. The lowest BCUT2D eigenvalue weighted by atomic mass is 10.2. The van der Waals surface area contributed by atoms with Gasteiger partial charge in [0.2, 0.25) is 0 Å². The summed E-state index contributed by atoms with van der Waals surface area (Å²) in [6.07, 6.45) is 2.89. The van der Waals surface area contributed by atoms with Gasteiger partial charge < -0.3 is 5.32 Å². The second-order valence-corrected chi connectivity index (χ2v) is 6.87. The van der Waals surface area contributed by atoms with Crippen molar-refractivity contribution in [2.75, 3.05) is 13.1 Å². The Morgan fingerprint density at radius 3 is 2.67 bits per heavy atom. The molecule has 1 saturated carbocycles. The summed E-state index contributed by atoms with van der Waals surface area (Å²) in [6.45, 7) is 11.3. The van der Waals surface area contributed by atoms with Crippen LogP contribution in [-0.4, -0.2) is 24.0 Å². The normalized spacial score (nSPS) is 15.8. The van der Waals surface area contributed by atoms with Gasteiger partial charge in [0.1, 0.15) is 0 Å². The van der Waals surface area contributed by atoms with E-state index in [0.29, 0.717) is 6.04 Å². The van der Waals surface area contributed by atoms with Gasteiger partial charge in [-0.1, -0.05) is 6.92 Å². The first-order chi connectivity index (χ1) is 8.69. The van der Waals surface area contributed by atoms with E-state index in [9.17, 15) is 0 Å². The minimum Gasteiger partial charge on any atom is -0.312 e. The summed E-state index contributed by atoms with van der Waals surface area (Å²) in [5.41, 5.74) is 0. The SMILES string of the molecule is CCNCc1ccc(CN(CC2CC2)C(C)C)s1. The van der Waals surface area contributed by atoms with Gasteiger partial charge in [0.25, 0.3) is 0 Å². The molecule has 18 heavy (non-hydrogen) atoms. The predicted molar refractivity (Wildman–Crippen MR) is 80.0 cm³/mol.